The van der Waals surface area contributed by atoms with Gasteiger partial charge in [-0.05, 0) is 48.4 Å². The molecule has 0 radical (unpaired) electrons. The number of carboxylic acid groups (broad SMARTS) is 1. The first-order chi connectivity index (χ1) is 10.0. The number of methoxy groups -OCH3 is 1. The Morgan fingerprint density at radius 2 is 2.00 bits per heavy atom. The Hall–Kier alpha value is -2.56. The summed E-state index contributed by atoms with van der Waals surface area (Å²) in [6.07, 6.45) is 0. The van der Waals surface area contributed by atoms with Crippen molar-refractivity contribution in [2.24, 2.45) is 0 Å². The van der Waals surface area contributed by atoms with Gasteiger partial charge in [0.1, 0.15) is 29.5 Å². The molecule has 0 bridgehead atoms. The highest BCUT2D eigenvalue weighted by Gasteiger charge is 2.13. The molecule has 0 aromatic heterocycles. The zero-order valence-electron chi connectivity index (χ0n) is 11.7. The van der Waals surface area contributed by atoms with Crippen LogP contribution in [0.1, 0.15) is 21.5 Å². The van der Waals surface area contributed by atoms with E-state index in [-0.39, 0.29) is 23.7 Å². The first kappa shape index (κ1) is 14.8. The number of carboxylic acids is 1. The number of aryl methyl sites for hydroxylation is 1. The summed E-state index contributed by atoms with van der Waals surface area (Å²) in [6.45, 7) is 1.93. The average molecular weight is 290 g/mol. The maximum absolute atomic E-state index is 13.2. The van der Waals surface area contributed by atoms with Crippen LogP contribution in [-0.2, 0) is 6.61 Å². The molecule has 2 aromatic carbocycles. The summed E-state index contributed by atoms with van der Waals surface area (Å²) in [6, 6.07) is 8.92. The Labute approximate surface area is 121 Å². The molecule has 0 saturated heterocycles. The van der Waals surface area contributed by atoms with Crippen LogP contribution in [0.2, 0.25) is 0 Å². The van der Waals surface area contributed by atoms with E-state index >= 15 is 0 Å². The van der Waals surface area contributed by atoms with Crippen LogP contribution < -0.4 is 9.47 Å². The lowest BCUT2D eigenvalue weighted by atomic mass is 10.1. The molecule has 0 fully saturated rings. The van der Waals surface area contributed by atoms with Gasteiger partial charge in [0, 0.05) is 0 Å². The Morgan fingerprint density at radius 3 is 2.67 bits per heavy atom. The van der Waals surface area contributed by atoms with Gasteiger partial charge in [0.25, 0.3) is 0 Å². The van der Waals surface area contributed by atoms with Crippen molar-refractivity contribution in [3.05, 3.63) is 58.9 Å². The summed E-state index contributed by atoms with van der Waals surface area (Å²) in [5, 5.41) is 9.19. The molecule has 1 N–H and O–H groups in total. The van der Waals surface area contributed by atoms with Crippen molar-refractivity contribution in [3.8, 4) is 11.5 Å². The van der Waals surface area contributed by atoms with Crippen LogP contribution in [0, 0.1) is 12.7 Å². The van der Waals surface area contributed by atoms with Crippen molar-refractivity contribution >= 4 is 5.97 Å². The summed E-state index contributed by atoms with van der Waals surface area (Å²) >= 11 is 0. The number of carbonyl (C=O) groups is 1. The lowest BCUT2D eigenvalue weighted by Gasteiger charge is -2.12. The molecule has 0 aliphatic rings. The zero-order valence-corrected chi connectivity index (χ0v) is 11.7. The lowest BCUT2D eigenvalue weighted by molar-refractivity contribution is 0.0691. The predicted molar refractivity (Wildman–Crippen MR) is 75.4 cm³/mol. The van der Waals surface area contributed by atoms with E-state index in [4.69, 9.17) is 9.47 Å². The highest BCUT2D eigenvalue weighted by Crippen LogP contribution is 2.25. The van der Waals surface area contributed by atoms with E-state index in [1.165, 1.54) is 31.4 Å². The fourth-order valence-corrected chi connectivity index (χ4v) is 1.88. The number of hydrogen-bond donors (Lipinski definition) is 1. The molecule has 2 rings (SSSR count). The molecule has 0 aliphatic carbocycles. The second kappa shape index (κ2) is 6.26. The largest absolute Gasteiger partial charge is 0.497 e. The van der Waals surface area contributed by atoms with E-state index in [1.807, 2.05) is 6.92 Å². The second-order valence-electron chi connectivity index (χ2n) is 4.53. The summed E-state index contributed by atoms with van der Waals surface area (Å²) in [4.78, 5) is 11.2. The standard InChI is InChI=1S/C16H15FO4/c1-10-3-4-12(17)7-11(10)9-21-15-6-5-13(20-2)8-14(15)16(18)19/h3-8H,9H2,1-2H3,(H,18,19). The Bertz CT molecular complexity index is 667. The van der Waals surface area contributed by atoms with Crippen LogP contribution in [0.4, 0.5) is 4.39 Å². The van der Waals surface area contributed by atoms with Crippen LogP contribution in [0.3, 0.4) is 0 Å². The van der Waals surface area contributed by atoms with Crippen molar-refractivity contribution in [2.75, 3.05) is 7.11 Å². The SMILES string of the molecule is COc1ccc(OCc2cc(F)ccc2C)c(C(=O)O)c1. The van der Waals surface area contributed by atoms with Gasteiger partial charge in [0.2, 0.25) is 0 Å². The van der Waals surface area contributed by atoms with Crippen molar-refractivity contribution in [1.82, 2.24) is 0 Å². The first-order valence-electron chi connectivity index (χ1n) is 6.30. The normalized spacial score (nSPS) is 10.2. The fraction of sp³-hybridized carbons (Fsp3) is 0.188. The van der Waals surface area contributed by atoms with Crippen LogP contribution in [0.15, 0.2) is 36.4 Å². The molecule has 0 heterocycles. The maximum atomic E-state index is 13.2. The summed E-state index contributed by atoms with van der Waals surface area (Å²) in [5.41, 5.74) is 1.55. The van der Waals surface area contributed by atoms with Gasteiger partial charge >= 0.3 is 5.97 Å². The van der Waals surface area contributed by atoms with Gasteiger partial charge in [0.05, 0.1) is 7.11 Å². The average Bonchev–Trinajstić information content (AvgIpc) is 2.48. The minimum Gasteiger partial charge on any atom is -0.497 e. The van der Waals surface area contributed by atoms with E-state index in [9.17, 15) is 14.3 Å². The third-order valence-electron chi connectivity index (χ3n) is 3.11. The highest BCUT2D eigenvalue weighted by atomic mass is 19.1. The Balaban J connectivity index is 2.23. The highest BCUT2D eigenvalue weighted by molar-refractivity contribution is 5.91. The van der Waals surface area contributed by atoms with Crippen LogP contribution >= 0.6 is 0 Å². The third kappa shape index (κ3) is 3.51. The van der Waals surface area contributed by atoms with Gasteiger partial charge < -0.3 is 14.6 Å². The number of rotatable bonds is 5. The van der Waals surface area contributed by atoms with Crippen molar-refractivity contribution in [1.29, 1.82) is 0 Å². The van der Waals surface area contributed by atoms with Crippen molar-refractivity contribution in [3.63, 3.8) is 0 Å². The maximum Gasteiger partial charge on any atom is 0.339 e. The smallest absolute Gasteiger partial charge is 0.339 e. The van der Waals surface area contributed by atoms with E-state index in [2.05, 4.69) is 0 Å². The molecule has 110 valence electrons. The minimum atomic E-state index is -1.11. The topological polar surface area (TPSA) is 55.8 Å². The molecule has 0 unspecified atom stereocenters. The van der Waals surface area contributed by atoms with Crippen molar-refractivity contribution in [2.45, 2.75) is 13.5 Å². The lowest BCUT2D eigenvalue weighted by Crippen LogP contribution is -2.05. The van der Waals surface area contributed by atoms with Gasteiger partial charge in [-0.15, -0.1) is 0 Å². The summed E-state index contributed by atoms with van der Waals surface area (Å²) < 4.78 is 23.7. The van der Waals surface area contributed by atoms with Gasteiger partial charge in [0.15, 0.2) is 0 Å². The first-order valence-corrected chi connectivity index (χ1v) is 6.30. The van der Waals surface area contributed by atoms with Crippen LogP contribution in [-0.4, -0.2) is 18.2 Å². The molecule has 0 atom stereocenters. The predicted octanol–water partition coefficient (Wildman–Crippen LogP) is 3.42. The monoisotopic (exact) mass is 290 g/mol. The van der Waals surface area contributed by atoms with E-state index < -0.39 is 5.97 Å². The van der Waals surface area contributed by atoms with E-state index in [0.717, 1.165) is 5.56 Å². The Morgan fingerprint density at radius 1 is 1.24 bits per heavy atom. The summed E-state index contributed by atoms with van der Waals surface area (Å²) in [7, 11) is 1.46. The quantitative estimate of drug-likeness (QED) is 0.916. The van der Waals surface area contributed by atoms with E-state index in [1.54, 1.807) is 12.1 Å². The van der Waals surface area contributed by atoms with Crippen LogP contribution in [0.25, 0.3) is 0 Å². The molecule has 2 aromatic rings. The number of hydrogen-bond acceptors (Lipinski definition) is 3. The van der Waals surface area contributed by atoms with Gasteiger partial charge in [-0.1, -0.05) is 6.07 Å². The summed E-state index contributed by atoms with van der Waals surface area (Å²) in [5.74, 6) is -0.819. The molecular weight excluding hydrogens is 275 g/mol. The zero-order chi connectivity index (χ0) is 15.4. The van der Waals surface area contributed by atoms with Crippen LogP contribution in [0.5, 0.6) is 11.5 Å². The number of benzene rings is 2. The van der Waals surface area contributed by atoms with E-state index in [0.29, 0.717) is 11.3 Å². The number of aromatic carboxylic acids is 1. The minimum absolute atomic E-state index is 0.00315. The number of halogens is 1. The fourth-order valence-electron chi connectivity index (χ4n) is 1.88. The molecule has 0 spiro atoms. The Kier molecular flexibility index (Phi) is 4.42. The van der Waals surface area contributed by atoms with Crippen molar-refractivity contribution < 1.29 is 23.8 Å². The molecular formula is C16H15FO4. The third-order valence-corrected chi connectivity index (χ3v) is 3.11. The molecule has 21 heavy (non-hydrogen) atoms. The van der Waals surface area contributed by atoms with Gasteiger partial charge in [-0.2, -0.15) is 0 Å². The number of ether oxygens (including phenoxy) is 2. The molecule has 0 aliphatic heterocycles. The van der Waals surface area contributed by atoms with Gasteiger partial charge in [-0.3, -0.25) is 0 Å². The van der Waals surface area contributed by atoms with Gasteiger partial charge in [-0.25, -0.2) is 9.18 Å². The molecule has 5 heteroatoms. The molecule has 4 nitrogen and oxygen atoms in total. The molecule has 0 saturated carbocycles. The molecule has 0 amide bonds. The second-order valence-corrected chi connectivity index (χ2v) is 4.53.